The average Bonchev–Trinajstić information content (AvgIpc) is 2.87. The molecule has 0 aliphatic carbocycles. The summed E-state index contributed by atoms with van der Waals surface area (Å²) in [6.07, 6.45) is 3.84. The van der Waals surface area contributed by atoms with Crippen molar-refractivity contribution in [2.45, 2.75) is 20.0 Å². The molecular formula is C14H19N3O. The molecule has 1 aromatic carbocycles. The fourth-order valence-corrected chi connectivity index (χ4v) is 2.06. The lowest BCUT2D eigenvalue weighted by Crippen LogP contribution is -2.08. The van der Waals surface area contributed by atoms with Crippen LogP contribution in [0, 0.1) is 0 Å². The minimum atomic E-state index is 0.795. The number of imidazole rings is 1. The summed E-state index contributed by atoms with van der Waals surface area (Å²) in [4.78, 5) is 4.45. The lowest BCUT2D eigenvalue weighted by Gasteiger charge is -2.12. The predicted octanol–water partition coefficient (Wildman–Crippen LogP) is 2.30. The molecule has 96 valence electrons. The number of ether oxygens (including phenoxy) is 1. The molecule has 0 aliphatic heterocycles. The van der Waals surface area contributed by atoms with Crippen molar-refractivity contribution >= 4 is 0 Å². The van der Waals surface area contributed by atoms with Crippen LogP contribution in [0.4, 0.5) is 0 Å². The van der Waals surface area contributed by atoms with Gasteiger partial charge < -0.3 is 14.6 Å². The Labute approximate surface area is 108 Å². The summed E-state index contributed by atoms with van der Waals surface area (Å²) < 4.78 is 7.41. The second-order valence-corrected chi connectivity index (χ2v) is 4.09. The Morgan fingerprint density at radius 3 is 2.89 bits per heavy atom. The lowest BCUT2D eigenvalue weighted by molar-refractivity contribution is 0.414. The van der Waals surface area contributed by atoms with Gasteiger partial charge in [-0.05, 0) is 37.7 Å². The number of aromatic nitrogens is 2. The highest BCUT2D eigenvalue weighted by Crippen LogP contribution is 2.26. The van der Waals surface area contributed by atoms with Gasteiger partial charge in [-0.2, -0.15) is 0 Å². The van der Waals surface area contributed by atoms with Crippen LogP contribution in [-0.2, 0) is 13.1 Å². The first kappa shape index (κ1) is 12.6. The normalized spacial score (nSPS) is 10.6. The maximum absolute atomic E-state index is 5.28. The molecule has 1 aromatic heterocycles. The number of nitrogens with one attached hydrogen (secondary N) is 1. The topological polar surface area (TPSA) is 39.1 Å². The maximum atomic E-state index is 5.28. The average molecular weight is 245 g/mol. The second kappa shape index (κ2) is 5.69. The van der Waals surface area contributed by atoms with Crippen LogP contribution in [0.5, 0.6) is 5.75 Å². The zero-order valence-corrected chi connectivity index (χ0v) is 11.1. The van der Waals surface area contributed by atoms with E-state index >= 15 is 0 Å². The van der Waals surface area contributed by atoms with Gasteiger partial charge in [-0.15, -0.1) is 0 Å². The molecule has 0 fully saturated rings. The summed E-state index contributed by atoms with van der Waals surface area (Å²) in [5, 5.41) is 3.18. The summed E-state index contributed by atoms with van der Waals surface area (Å²) in [5.41, 5.74) is 2.34. The van der Waals surface area contributed by atoms with Crippen LogP contribution in [0.15, 0.2) is 30.6 Å². The van der Waals surface area contributed by atoms with Crippen LogP contribution < -0.4 is 10.1 Å². The SMILES string of the molecule is CCn1ccnc1-c1ccc(OC)cc1CNC. The highest BCUT2D eigenvalue weighted by molar-refractivity contribution is 5.62. The van der Waals surface area contributed by atoms with E-state index in [4.69, 9.17) is 4.74 Å². The van der Waals surface area contributed by atoms with Gasteiger partial charge in [-0.1, -0.05) is 0 Å². The van der Waals surface area contributed by atoms with Gasteiger partial charge in [0.15, 0.2) is 0 Å². The third-order valence-corrected chi connectivity index (χ3v) is 2.98. The van der Waals surface area contributed by atoms with Crippen molar-refractivity contribution in [2.24, 2.45) is 0 Å². The van der Waals surface area contributed by atoms with Crippen molar-refractivity contribution < 1.29 is 4.74 Å². The fourth-order valence-electron chi connectivity index (χ4n) is 2.06. The number of hydrogen-bond donors (Lipinski definition) is 1. The van der Waals surface area contributed by atoms with E-state index in [-0.39, 0.29) is 0 Å². The number of aryl methyl sites for hydroxylation is 1. The lowest BCUT2D eigenvalue weighted by atomic mass is 10.1. The van der Waals surface area contributed by atoms with Crippen LogP contribution in [0.25, 0.3) is 11.4 Å². The highest BCUT2D eigenvalue weighted by Gasteiger charge is 2.10. The van der Waals surface area contributed by atoms with Gasteiger partial charge in [0.05, 0.1) is 7.11 Å². The highest BCUT2D eigenvalue weighted by atomic mass is 16.5. The van der Waals surface area contributed by atoms with Crippen LogP contribution in [-0.4, -0.2) is 23.7 Å². The number of methoxy groups -OCH3 is 1. The van der Waals surface area contributed by atoms with Gasteiger partial charge in [0.2, 0.25) is 0 Å². The minimum absolute atomic E-state index is 0.795. The first-order valence-corrected chi connectivity index (χ1v) is 6.13. The molecule has 1 N–H and O–H groups in total. The van der Waals surface area contributed by atoms with Crippen molar-refractivity contribution in [3.63, 3.8) is 0 Å². The Hall–Kier alpha value is -1.81. The van der Waals surface area contributed by atoms with Gasteiger partial charge in [0.25, 0.3) is 0 Å². The predicted molar refractivity (Wildman–Crippen MR) is 72.7 cm³/mol. The second-order valence-electron chi connectivity index (χ2n) is 4.09. The summed E-state index contributed by atoms with van der Waals surface area (Å²) in [7, 11) is 3.63. The monoisotopic (exact) mass is 245 g/mol. The minimum Gasteiger partial charge on any atom is -0.497 e. The summed E-state index contributed by atoms with van der Waals surface area (Å²) in [6, 6.07) is 6.10. The standard InChI is InChI=1S/C14H19N3O/c1-4-17-8-7-16-14(17)13-6-5-12(18-3)9-11(13)10-15-2/h5-9,15H,4,10H2,1-3H3. The van der Waals surface area contributed by atoms with Gasteiger partial charge in [-0.25, -0.2) is 4.98 Å². The van der Waals surface area contributed by atoms with Crippen LogP contribution >= 0.6 is 0 Å². The van der Waals surface area contributed by atoms with Crippen LogP contribution in [0.1, 0.15) is 12.5 Å². The Balaban J connectivity index is 2.49. The zero-order chi connectivity index (χ0) is 13.0. The quantitative estimate of drug-likeness (QED) is 0.878. The van der Waals surface area contributed by atoms with E-state index in [1.165, 1.54) is 5.56 Å². The number of nitrogens with zero attached hydrogens (tertiary/aromatic N) is 2. The molecule has 2 aromatic rings. The van der Waals surface area contributed by atoms with Crippen molar-refractivity contribution in [1.29, 1.82) is 0 Å². The summed E-state index contributed by atoms with van der Waals surface area (Å²) >= 11 is 0. The molecule has 0 amide bonds. The molecule has 0 atom stereocenters. The van der Waals surface area contributed by atoms with Crippen molar-refractivity contribution in [3.05, 3.63) is 36.2 Å². The Morgan fingerprint density at radius 1 is 1.39 bits per heavy atom. The third-order valence-electron chi connectivity index (χ3n) is 2.98. The number of rotatable bonds is 5. The molecule has 2 rings (SSSR count). The molecule has 0 aliphatic rings. The van der Waals surface area contributed by atoms with E-state index in [1.54, 1.807) is 7.11 Å². The maximum Gasteiger partial charge on any atom is 0.140 e. The van der Waals surface area contributed by atoms with Crippen molar-refractivity contribution in [2.75, 3.05) is 14.2 Å². The molecule has 4 nitrogen and oxygen atoms in total. The first-order valence-electron chi connectivity index (χ1n) is 6.13. The van der Waals surface area contributed by atoms with E-state index in [9.17, 15) is 0 Å². The molecule has 4 heteroatoms. The molecule has 18 heavy (non-hydrogen) atoms. The van der Waals surface area contributed by atoms with Crippen LogP contribution in [0.3, 0.4) is 0 Å². The van der Waals surface area contributed by atoms with E-state index in [0.717, 1.165) is 30.2 Å². The Kier molecular flexibility index (Phi) is 3.99. The van der Waals surface area contributed by atoms with Gasteiger partial charge in [-0.3, -0.25) is 0 Å². The Morgan fingerprint density at radius 2 is 2.22 bits per heavy atom. The van der Waals surface area contributed by atoms with Gasteiger partial charge >= 0.3 is 0 Å². The smallest absolute Gasteiger partial charge is 0.140 e. The van der Waals surface area contributed by atoms with E-state index < -0.39 is 0 Å². The molecule has 0 saturated heterocycles. The Bertz CT molecular complexity index is 520. The molecular weight excluding hydrogens is 226 g/mol. The largest absolute Gasteiger partial charge is 0.497 e. The first-order chi connectivity index (χ1) is 8.80. The molecule has 0 bridgehead atoms. The van der Waals surface area contributed by atoms with E-state index in [1.807, 2.05) is 25.5 Å². The van der Waals surface area contributed by atoms with Crippen LogP contribution in [0.2, 0.25) is 0 Å². The van der Waals surface area contributed by atoms with E-state index in [0.29, 0.717) is 0 Å². The van der Waals surface area contributed by atoms with E-state index in [2.05, 4.69) is 33.9 Å². The van der Waals surface area contributed by atoms with Crippen molar-refractivity contribution in [1.82, 2.24) is 14.9 Å². The molecule has 1 heterocycles. The van der Waals surface area contributed by atoms with Gasteiger partial charge in [0.1, 0.15) is 11.6 Å². The third kappa shape index (κ3) is 2.38. The number of benzene rings is 1. The fraction of sp³-hybridized carbons (Fsp3) is 0.357. The van der Waals surface area contributed by atoms with Crippen molar-refractivity contribution in [3.8, 4) is 17.1 Å². The molecule has 0 saturated carbocycles. The summed E-state index contributed by atoms with van der Waals surface area (Å²) in [5.74, 6) is 1.88. The molecule has 0 radical (unpaired) electrons. The van der Waals surface area contributed by atoms with Gasteiger partial charge in [0, 0.05) is 31.0 Å². The number of hydrogen-bond acceptors (Lipinski definition) is 3. The zero-order valence-electron chi connectivity index (χ0n) is 11.1. The summed E-state index contributed by atoms with van der Waals surface area (Å²) in [6.45, 7) is 3.83. The molecule has 0 spiro atoms. The molecule has 0 unspecified atom stereocenters.